The summed E-state index contributed by atoms with van der Waals surface area (Å²) in [6.07, 6.45) is 1.96. The van der Waals surface area contributed by atoms with Crippen LogP contribution in [-0.2, 0) is 11.9 Å². The first kappa shape index (κ1) is 10.4. The van der Waals surface area contributed by atoms with E-state index in [2.05, 4.69) is 45.3 Å². The fourth-order valence-electron chi connectivity index (χ4n) is 1.44. The van der Waals surface area contributed by atoms with Crippen LogP contribution in [0.15, 0.2) is 30.5 Å². The third kappa shape index (κ3) is 2.45. The van der Waals surface area contributed by atoms with Gasteiger partial charge in [0.1, 0.15) is 0 Å². The number of rotatable bonds is 3. The molecule has 0 atom stereocenters. The Bertz CT molecular complexity index is 451. The molecule has 15 heavy (non-hydrogen) atoms. The van der Waals surface area contributed by atoms with Gasteiger partial charge in [0.05, 0.1) is 12.2 Å². The molecular formula is C11H12BrN3. The zero-order valence-electron chi connectivity index (χ0n) is 8.52. The lowest BCUT2D eigenvalue weighted by atomic mass is 10.1. The highest BCUT2D eigenvalue weighted by Crippen LogP contribution is 2.09. The Balaban J connectivity index is 2.18. The van der Waals surface area contributed by atoms with E-state index >= 15 is 0 Å². The topological polar surface area (TPSA) is 30.7 Å². The number of alkyl halides is 1. The second kappa shape index (κ2) is 4.57. The van der Waals surface area contributed by atoms with Crippen LogP contribution in [0.3, 0.4) is 0 Å². The van der Waals surface area contributed by atoms with Crippen LogP contribution >= 0.6 is 15.9 Å². The van der Waals surface area contributed by atoms with Crippen LogP contribution in [0.25, 0.3) is 0 Å². The average molecular weight is 266 g/mol. The van der Waals surface area contributed by atoms with Crippen LogP contribution in [0.4, 0.5) is 0 Å². The Hall–Kier alpha value is -1.16. The summed E-state index contributed by atoms with van der Waals surface area (Å²) in [5.74, 6) is 0. The van der Waals surface area contributed by atoms with Crippen molar-refractivity contribution in [2.24, 2.45) is 0 Å². The Morgan fingerprint density at radius 1 is 1.33 bits per heavy atom. The predicted molar refractivity (Wildman–Crippen MR) is 62.9 cm³/mol. The van der Waals surface area contributed by atoms with Gasteiger partial charge in [-0.2, -0.15) is 0 Å². The van der Waals surface area contributed by atoms with Crippen molar-refractivity contribution in [1.29, 1.82) is 0 Å². The van der Waals surface area contributed by atoms with E-state index in [1.807, 2.05) is 23.0 Å². The summed E-state index contributed by atoms with van der Waals surface area (Å²) in [5, 5.41) is 8.84. The van der Waals surface area contributed by atoms with Crippen molar-refractivity contribution in [2.75, 3.05) is 0 Å². The van der Waals surface area contributed by atoms with Gasteiger partial charge in [-0.05, 0) is 18.1 Å². The molecule has 0 radical (unpaired) electrons. The zero-order valence-corrected chi connectivity index (χ0v) is 10.1. The smallest absolute Gasteiger partial charge is 0.0932 e. The Labute approximate surface area is 97.2 Å². The molecule has 0 aliphatic heterocycles. The monoisotopic (exact) mass is 265 g/mol. The van der Waals surface area contributed by atoms with Crippen molar-refractivity contribution in [3.05, 3.63) is 47.3 Å². The van der Waals surface area contributed by atoms with Gasteiger partial charge in [-0.25, -0.2) is 4.68 Å². The Morgan fingerprint density at radius 3 is 2.80 bits per heavy atom. The number of benzene rings is 1. The van der Waals surface area contributed by atoms with E-state index in [4.69, 9.17) is 0 Å². The van der Waals surface area contributed by atoms with E-state index in [-0.39, 0.29) is 0 Å². The molecule has 2 rings (SSSR count). The first-order valence-electron chi connectivity index (χ1n) is 4.79. The first-order chi connectivity index (χ1) is 7.29. The summed E-state index contributed by atoms with van der Waals surface area (Å²) in [7, 11) is 0. The SMILES string of the molecule is Cc1ccccc1Cn1cc(CBr)nn1. The number of halogens is 1. The van der Waals surface area contributed by atoms with Gasteiger partial charge >= 0.3 is 0 Å². The summed E-state index contributed by atoms with van der Waals surface area (Å²) in [5.41, 5.74) is 3.53. The molecule has 78 valence electrons. The van der Waals surface area contributed by atoms with Crippen LogP contribution in [0.5, 0.6) is 0 Å². The molecule has 2 aromatic rings. The second-order valence-corrected chi connectivity index (χ2v) is 4.03. The normalized spacial score (nSPS) is 10.5. The van der Waals surface area contributed by atoms with Crippen LogP contribution < -0.4 is 0 Å². The van der Waals surface area contributed by atoms with Crippen LogP contribution in [-0.4, -0.2) is 15.0 Å². The predicted octanol–water partition coefficient (Wildman–Crippen LogP) is 2.53. The van der Waals surface area contributed by atoms with E-state index in [0.29, 0.717) is 0 Å². The minimum absolute atomic E-state index is 0.751. The molecule has 0 saturated heterocycles. The van der Waals surface area contributed by atoms with Crippen molar-refractivity contribution in [2.45, 2.75) is 18.8 Å². The molecule has 0 spiro atoms. The second-order valence-electron chi connectivity index (χ2n) is 3.47. The fraction of sp³-hybridized carbons (Fsp3) is 0.273. The number of hydrogen-bond acceptors (Lipinski definition) is 2. The van der Waals surface area contributed by atoms with Gasteiger partial charge < -0.3 is 0 Å². The third-order valence-electron chi connectivity index (χ3n) is 2.32. The molecular weight excluding hydrogens is 254 g/mol. The number of aromatic nitrogens is 3. The molecule has 1 aromatic carbocycles. The van der Waals surface area contributed by atoms with Gasteiger partial charge in [0.2, 0.25) is 0 Å². The molecule has 0 amide bonds. The lowest BCUT2D eigenvalue weighted by molar-refractivity contribution is 0.647. The van der Waals surface area contributed by atoms with Gasteiger partial charge in [-0.3, -0.25) is 0 Å². The molecule has 0 bridgehead atoms. The molecule has 0 aliphatic rings. The van der Waals surface area contributed by atoms with E-state index in [9.17, 15) is 0 Å². The molecule has 0 unspecified atom stereocenters. The van der Waals surface area contributed by atoms with Crippen molar-refractivity contribution in [1.82, 2.24) is 15.0 Å². The van der Waals surface area contributed by atoms with Gasteiger partial charge in [0, 0.05) is 11.5 Å². The summed E-state index contributed by atoms with van der Waals surface area (Å²) >= 11 is 3.35. The van der Waals surface area contributed by atoms with Crippen LogP contribution in [0.1, 0.15) is 16.8 Å². The molecule has 4 heteroatoms. The third-order valence-corrected chi connectivity index (χ3v) is 2.89. The van der Waals surface area contributed by atoms with Crippen molar-refractivity contribution in [3.63, 3.8) is 0 Å². The molecule has 0 N–H and O–H groups in total. The molecule has 0 aliphatic carbocycles. The van der Waals surface area contributed by atoms with Crippen molar-refractivity contribution >= 4 is 15.9 Å². The Kier molecular flexibility index (Phi) is 3.16. The van der Waals surface area contributed by atoms with Gasteiger partial charge in [-0.1, -0.05) is 45.4 Å². The molecule has 0 fully saturated rings. The summed E-state index contributed by atoms with van der Waals surface area (Å²) in [6, 6.07) is 8.32. The average Bonchev–Trinajstić information content (AvgIpc) is 2.69. The van der Waals surface area contributed by atoms with Crippen LogP contribution in [0.2, 0.25) is 0 Å². The van der Waals surface area contributed by atoms with Crippen molar-refractivity contribution in [3.8, 4) is 0 Å². The number of hydrogen-bond donors (Lipinski definition) is 0. The lowest BCUT2D eigenvalue weighted by Crippen LogP contribution is -2.01. The van der Waals surface area contributed by atoms with E-state index in [0.717, 1.165) is 17.6 Å². The highest BCUT2D eigenvalue weighted by molar-refractivity contribution is 9.08. The quantitative estimate of drug-likeness (QED) is 0.799. The van der Waals surface area contributed by atoms with E-state index < -0.39 is 0 Å². The van der Waals surface area contributed by atoms with Crippen molar-refractivity contribution < 1.29 is 0 Å². The molecule has 3 nitrogen and oxygen atoms in total. The number of nitrogens with zero attached hydrogens (tertiary/aromatic N) is 3. The molecule has 1 aromatic heterocycles. The highest BCUT2D eigenvalue weighted by Gasteiger charge is 2.01. The maximum absolute atomic E-state index is 4.06. The number of aryl methyl sites for hydroxylation is 1. The van der Waals surface area contributed by atoms with Crippen LogP contribution in [0, 0.1) is 6.92 Å². The summed E-state index contributed by atoms with van der Waals surface area (Å²) in [4.78, 5) is 0. The Morgan fingerprint density at radius 2 is 2.13 bits per heavy atom. The summed E-state index contributed by atoms with van der Waals surface area (Å²) in [6.45, 7) is 2.89. The van der Waals surface area contributed by atoms with E-state index in [1.54, 1.807) is 0 Å². The maximum atomic E-state index is 4.06. The minimum Gasteiger partial charge on any atom is -0.248 e. The van der Waals surface area contributed by atoms with Gasteiger partial charge in [-0.15, -0.1) is 5.10 Å². The standard InChI is InChI=1S/C11H12BrN3/c1-9-4-2-3-5-10(9)7-15-8-11(6-12)13-14-15/h2-5,8H,6-7H2,1H3. The first-order valence-corrected chi connectivity index (χ1v) is 5.91. The van der Waals surface area contributed by atoms with Gasteiger partial charge in [0.15, 0.2) is 0 Å². The fourth-order valence-corrected chi connectivity index (χ4v) is 1.70. The maximum Gasteiger partial charge on any atom is 0.0932 e. The molecule has 1 heterocycles. The highest BCUT2D eigenvalue weighted by atomic mass is 79.9. The molecule has 0 saturated carbocycles. The lowest BCUT2D eigenvalue weighted by Gasteiger charge is -2.04. The van der Waals surface area contributed by atoms with E-state index in [1.165, 1.54) is 11.1 Å². The van der Waals surface area contributed by atoms with Gasteiger partial charge in [0.25, 0.3) is 0 Å². The zero-order chi connectivity index (χ0) is 10.7. The summed E-state index contributed by atoms with van der Waals surface area (Å²) < 4.78 is 1.86. The minimum atomic E-state index is 0.751. The largest absolute Gasteiger partial charge is 0.248 e.